The van der Waals surface area contributed by atoms with E-state index in [4.69, 9.17) is 9.47 Å². The van der Waals surface area contributed by atoms with E-state index < -0.39 is 0 Å². The second kappa shape index (κ2) is 7.96. The number of hydrogen-bond acceptors (Lipinski definition) is 6. The Morgan fingerprint density at radius 3 is 2.94 bits per heavy atom. The molecule has 2 aliphatic rings. The van der Waals surface area contributed by atoms with E-state index in [9.17, 15) is 9.59 Å². The van der Waals surface area contributed by atoms with Crippen LogP contribution in [0, 0.1) is 0 Å². The lowest BCUT2D eigenvalue weighted by molar-refractivity contribution is -0.142. The fraction of sp³-hybridized carbons (Fsp3) is 0.174. The van der Waals surface area contributed by atoms with Gasteiger partial charge in [-0.1, -0.05) is 48.2 Å². The monoisotopic (exact) mass is 433 g/mol. The Morgan fingerprint density at radius 2 is 2.13 bits per heavy atom. The lowest BCUT2D eigenvalue weighted by atomic mass is 9.97. The molecule has 7 nitrogen and oxygen atoms in total. The van der Waals surface area contributed by atoms with Crippen molar-refractivity contribution in [2.24, 2.45) is 0 Å². The number of fused-ring (bicyclic) bond motifs is 2. The lowest BCUT2D eigenvalue weighted by Gasteiger charge is -2.26. The highest BCUT2D eigenvalue weighted by Gasteiger charge is 2.28. The summed E-state index contributed by atoms with van der Waals surface area (Å²) in [6.07, 6.45) is 3.91. The normalized spacial score (nSPS) is 17.0. The molecule has 3 heterocycles. The highest BCUT2D eigenvalue weighted by Crippen LogP contribution is 2.49. The van der Waals surface area contributed by atoms with Gasteiger partial charge in [0.05, 0.1) is 16.6 Å². The van der Waals surface area contributed by atoms with Crippen molar-refractivity contribution in [2.45, 2.75) is 23.9 Å². The van der Waals surface area contributed by atoms with Crippen LogP contribution >= 0.6 is 11.8 Å². The average molecular weight is 433 g/mol. The van der Waals surface area contributed by atoms with Gasteiger partial charge in [0, 0.05) is 19.3 Å². The van der Waals surface area contributed by atoms with E-state index in [1.54, 1.807) is 11.8 Å². The van der Waals surface area contributed by atoms with Gasteiger partial charge in [0.15, 0.2) is 11.8 Å². The van der Waals surface area contributed by atoms with Gasteiger partial charge in [-0.2, -0.15) is 0 Å². The summed E-state index contributed by atoms with van der Waals surface area (Å²) in [4.78, 5) is 27.6. The molecule has 1 unspecified atom stereocenters. The van der Waals surface area contributed by atoms with E-state index in [0.29, 0.717) is 17.1 Å². The van der Waals surface area contributed by atoms with Crippen LogP contribution in [-0.2, 0) is 20.9 Å². The molecule has 2 aromatic carbocycles. The minimum atomic E-state index is -0.338. The Bertz CT molecular complexity index is 1200. The Morgan fingerprint density at radius 1 is 1.29 bits per heavy atom. The van der Waals surface area contributed by atoms with Gasteiger partial charge in [0.25, 0.3) is 5.91 Å². The summed E-state index contributed by atoms with van der Waals surface area (Å²) in [5.41, 5.74) is 4.55. The summed E-state index contributed by atoms with van der Waals surface area (Å²) in [7, 11) is 0. The molecule has 0 fully saturated rings. The first-order valence-electron chi connectivity index (χ1n) is 9.78. The largest absolute Gasteiger partial charge is 0.482 e. The van der Waals surface area contributed by atoms with E-state index in [2.05, 4.69) is 22.4 Å². The van der Waals surface area contributed by atoms with Crippen LogP contribution in [0.3, 0.4) is 0 Å². The molecular weight excluding hydrogens is 414 g/mol. The number of nitrogens with one attached hydrogen (secondary N) is 1. The minimum Gasteiger partial charge on any atom is -0.482 e. The van der Waals surface area contributed by atoms with E-state index in [1.807, 2.05) is 53.4 Å². The van der Waals surface area contributed by atoms with Crippen LogP contribution in [-0.4, -0.2) is 28.0 Å². The maximum Gasteiger partial charge on any atom is 0.303 e. The predicted octanol–water partition coefficient (Wildman–Crippen LogP) is 4.12. The molecule has 31 heavy (non-hydrogen) atoms. The summed E-state index contributed by atoms with van der Waals surface area (Å²) in [5, 5.41) is 3.72. The molecule has 1 amide bonds. The molecule has 2 aliphatic heterocycles. The van der Waals surface area contributed by atoms with Crippen molar-refractivity contribution < 1.29 is 19.1 Å². The second-order valence-electron chi connectivity index (χ2n) is 7.24. The van der Waals surface area contributed by atoms with Crippen LogP contribution in [0.25, 0.3) is 11.8 Å². The van der Waals surface area contributed by atoms with Crippen LogP contribution in [0.2, 0.25) is 0 Å². The molecule has 1 aromatic heterocycles. The van der Waals surface area contributed by atoms with Gasteiger partial charge in [-0.15, -0.1) is 0 Å². The van der Waals surface area contributed by atoms with Gasteiger partial charge >= 0.3 is 5.97 Å². The number of rotatable bonds is 4. The first-order valence-corrected chi connectivity index (χ1v) is 10.7. The Hall–Kier alpha value is -3.52. The summed E-state index contributed by atoms with van der Waals surface area (Å²) < 4.78 is 12.6. The number of anilines is 1. The Balaban J connectivity index is 1.56. The highest BCUT2D eigenvalue weighted by atomic mass is 32.2. The molecule has 5 rings (SSSR count). The van der Waals surface area contributed by atoms with Crippen molar-refractivity contribution in [3.8, 4) is 5.75 Å². The number of carbonyl (C=O) groups excluding carboxylic acids is 2. The fourth-order valence-corrected chi connectivity index (χ4v) is 4.83. The molecule has 1 atom stereocenters. The van der Waals surface area contributed by atoms with E-state index in [0.717, 1.165) is 21.9 Å². The number of thioether (sulfide) groups is 1. The average Bonchev–Trinajstić information content (AvgIpc) is 3.19. The number of imidazole rings is 1. The molecule has 0 bridgehead atoms. The van der Waals surface area contributed by atoms with Gasteiger partial charge in [-0.05, 0) is 28.8 Å². The van der Waals surface area contributed by atoms with Crippen molar-refractivity contribution in [2.75, 3.05) is 11.9 Å². The quantitative estimate of drug-likeness (QED) is 0.623. The molecule has 0 spiro atoms. The van der Waals surface area contributed by atoms with Gasteiger partial charge in [-0.3, -0.25) is 9.59 Å². The lowest BCUT2D eigenvalue weighted by Crippen LogP contribution is -2.25. The number of aromatic nitrogens is 2. The molecular formula is C23H19N3O4S. The predicted molar refractivity (Wildman–Crippen MR) is 117 cm³/mol. The van der Waals surface area contributed by atoms with Crippen molar-refractivity contribution >= 4 is 41.1 Å². The second-order valence-corrected chi connectivity index (χ2v) is 8.32. The number of hydrogen-bond donors (Lipinski definition) is 1. The van der Waals surface area contributed by atoms with Crippen LogP contribution < -0.4 is 10.1 Å². The third-order valence-electron chi connectivity index (χ3n) is 5.00. The van der Waals surface area contributed by atoms with Crippen LogP contribution in [0.15, 0.2) is 59.9 Å². The number of ether oxygens (including phenoxy) is 2. The number of amides is 1. The summed E-state index contributed by atoms with van der Waals surface area (Å²) in [5.74, 6) is 0.161. The van der Waals surface area contributed by atoms with Crippen molar-refractivity contribution in [3.05, 3.63) is 71.5 Å². The molecule has 0 radical (unpaired) electrons. The minimum absolute atomic E-state index is 0.0101. The molecule has 0 aliphatic carbocycles. The standard InChI is InChI=1S/C23H19N3O4S/c1-14(27)29-12-17-10-26-11-18(16-7-8-20-19(9-16)25-21(28)13-30-20)22(31-23(26)24-17)15-5-3-2-4-6-15/h2-11,22H,12-13H2,1H3,(H,25,28). The summed E-state index contributed by atoms with van der Waals surface area (Å²) in [6, 6.07) is 16.0. The van der Waals surface area contributed by atoms with Crippen LogP contribution in [0.4, 0.5) is 5.69 Å². The molecule has 1 N–H and O–H groups in total. The van der Waals surface area contributed by atoms with Crippen molar-refractivity contribution in [1.29, 1.82) is 0 Å². The van der Waals surface area contributed by atoms with Crippen molar-refractivity contribution in [3.63, 3.8) is 0 Å². The molecule has 0 saturated carbocycles. The zero-order chi connectivity index (χ0) is 21.4. The van der Waals surface area contributed by atoms with Crippen LogP contribution in [0.1, 0.15) is 29.0 Å². The SMILES string of the molecule is CC(=O)OCc1cn2c(n1)SC(c1ccccc1)C(c1ccc3c(c1)NC(=O)CO3)=C2. The first-order chi connectivity index (χ1) is 15.1. The van der Waals surface area contributed by atoms with Crippen LogP contribution in [0.5, 0.6) is 5.75 Å². The van der Waals surface area contributed by atoms with Gasteiger partial charge in [0.2, 0.25) is 0 Å². The molecule has 8 heteroatoms. The zero-order valence-electron chi connectivity index (χ0n) is 16.7. The first kappa shape index (κ1) is 19.4. The highest BCUT2D eigenvalue weighted by molar-refractivity contribution is 7.99. The molecule has 3 aromatic rings. The Labute approximate surface area is 183 Å². The third-order valence-corrected chi connectivity index (χ3v) is 6.28. The number of carbonyl (C=O) groups is 2. The van der Waals surface area contributed by atoms with Crippen molar-refractivity contribution in [1.82, 2.24) is 9.55 Å². The molecule has 156 valence electrons. The van der Waals surface area contributed by atoms with E-state index >= 15 is 0 Å². The number of benzene rings is 2. The Kier molecular flexibility index (Phi) is 4.99. The third kappa shape index (κ3) is 3.94. The van der Waals surface area contributed by atoms with Gasteiger partial charge in [-0.25, -0.2) is 4.98 Å². The van der Waals surface area contributed by atoms with E-state index in [1.165, 1.54) is 6.92 Å². The summed E-state index contributed by atoms with van der Waals surface area (Å²) >= 11 is 1.63. The molecule has 0 saturated heterocycles. The maximum atomic E-state index is 11.8. The maximum absolute atomic E-state index is 11.8. The van der Waals surface area contributed by atoms with Gasteiger partial charge < -0.3 is 19.4 Å². The number of nitrogens with zero attached hydrogens (tertiary/aromatic N) is 2. The van der Waals surface area contributed by atoms with Gasteiger partial charge in [0.1, 0.15) is 12.4 Å². The smallest absolute Gasteiger partial charge is 0.303 e. The fourth-order valence-electron chi connectivity index (χ4n) is 3.60. The zero-order valence-corrected chi connectivity index (χ0v) is 17.5. The summed E-state index contributed by atoms with van der Waals surface area (Å²) in [6.45, 7) is 1.55. The number of esters is 1. The van der Waals surface area contributed by atoms with E-state index in [-0.39, 0.29) is 30.3 Å². The topological polar surface area (TPSA) is 82.5 Å².